The van der Waals surface area contributed by atoms with Gasteiger partial charge in [-0.05, 0) is 5.56 Å². The van der Waals surface area contributed by atoms with E-state index in [9.17, 15) is 4.79 Å². The van der Waals surface area contributed by atoms with Gasteiger partial charge >= 0.3 is 0 Å². The van der Waals surface area contributed by atoms with Crippen LogP contribution in [0.3, 0.4) is 0 Å². The summed E-state index contributed by atoms with van der Waals surface area (Å²) in [5, 5.41) is 4.12. The minimum atomic E-state index is 0.00191. The second-order valence-electron chi connectivity index (χ2n) is 5.65. The van der Waals surface area contributed by atoms with Crippen LogP contribution in [0.15, 0.2) is 42.0 Å². The maximum atomic E-state index is 12.5. The standard InChI is InChI=1S/C16H17N5OS/c22-15(14-11-21-16(18-14)23-12-17-21)20-8-6-19(7-9-20)10-13-4-2-1-3-5-13/h1-5,11-12H,6-10H2. The zero-order chi connectivity index (χ0) is 15.6. The van der Waals surface area contributed by atoms with E-state index in [1.165, 1.54) is 16.9 Å². The van der Waals surface area contributed by atoms with Gasteiger partial charge in [0.05, 0.1) is 6.20 Å². The summed E-state index contributed by atoms with van der Waals surface area (Å²) in [6, 6.07) is 10.4. The Bertz CT molecular complexity index is 776. The van der Waals surface area contributed by atoms with Crippen molar-refractivity contribution in [3.63, 3.8) is 0 Å². The van der Waals surface area contributed by atoms with E-state index in [1.54, 1.807) is 16.2 Å². The van der Waals surface area contributed by atoms with Crippen LogP contribution in [0.4, 0.5) is 0 Å². The summed E-state index contributed by atoms with van der Waals surface area (Å²) in [6.07, 6.45) is 1.71. The Morgan fingerprint density at radius 2 is 1.91 bits per heavy atom. The molecule has 0 spiro atoms. The molecule has 6 nitrogen and oxygen atoms in total. The molecule has 4 rings (SSSR count). The van der Waals surface area contributed by atoms with Crippen LogP contribution < -0.4 is 0 Å². The van der Waals surface area contributed by atoms with Gasteiger partial charge in [-0.2, -0.15) is 5.10 Å². The van der Waals surface area contributed by atoms with E-state index in [4.69, 9.17) is 0 Å². The Hall–Kier alpha value is -2.25. The molecule has 1 fully saturated rings. The van der Waals surface area contributed by atoms with Gasteiger partial charge < -0.3 is 4.90 Å². The summed E-state index contributed by atoms with van der Waals surface area (Å²) in [6.45, 7) is 4.20. The van der Waals surface area contributed by atoms with E-state index in [0.717, 1.165) is 37.7 Å². The lowest BCUT2D eigenvalue weighted by atomic mass is 10.2. The van der Waals surface area contributed by atoms with E-state index < -0.39 is 0 Å². The number of carbonyl (C=O) groups excluding carboxylic acids is 1. The number of hydrogen-bond acceptors (Lipinski definition) is 5. The molecule has 0 N–H and O–H groups in total. The Morgan fingerprint density at radius 3 is 2.65 bits per heavy atom. The fraction of sp³-hybridized carbons (Fsp3) is 0.312. The van der Waals surface area contributed by atoms with Crippen LogP contribution in [-0.2, 0) is 6.54 Å². The number of hydrogen-bond donors (Lipinski definition) is 0. The Kier molecular flexibility index (Phi) is 3.80. The minimum absolute atomic E-state index is 0.00191. The lowest BCUT2D eigenvalue weighted by Crippen LogP contribution is -2.48. The normalized spacial score (nSPS) is 16.1. The van der Waals surface area contributed by atoms with Gasteiger partial charge in [0, 0.05) is 32.7 Å². The predicted octanol–water partition coefficient (Wildman–Crippen LogP) is 1.75. The van der Waals surface area contributed by atoms with Crippen LogP contribution in [0, 0.1) is 0 Å². The average molecular weight is 327 g/mol. The second-order valence-corrected chi connectivity index (χ2v) is 6.46. The molecule has 1 aliphatic rings. The number of fused-ring (bicyclic) bond motifs is 1. The topological polar surface area (TPSA) is 53.7 Å². The van der Waals surface area contributed by atoms with Gasteiger partial charge in [-0.15, -0.1) is 0 Å². The van der Waals surface area contributed by atoms with E-state index in [1.807, 2.05) is 11.0 Å². The predicted molar refractivity (Wildman–Crippen MR) is 88.5 cm³/mol. The average Bonchev–Trinajstić information content (AvgIpc) is 3.17. The fourth-order valence-electron chi connectivity index (χ4n) is 2.85. The number of piperazine rings is 1. The fourth-order valence-corrected chi connectivity index (χ4v) is 3.46. The largest absolute Gasteiger partial charge is 0.335 e. The third kappa shape index (κ3) is 2.97. The van der Waals surface area contributed by atoms with Crippen molar-refractivity contribution in [2.45, 2.75) is 6.54 Å². The van der Waals surface area contributed by atoms with Crippen molar-refractivity contribution in [2.24, 2.45) is 0 Å². The third-order valence-electron chi connectivity index (χ3n) is 4.11. The molecule has 0 bridgehead atoms. The first-order valence-electron chi connectivity index (χ1n) is 7.64. The van der Waals surface area contributed by atoms with Gasteiger partial charge in [0.25, 0.3) is 5.91 Å². The summed E-state index contributed by atoms with van der Waals surface area (Å²) < 4.78 is 1.66. The number of benzene rings is 1. The van der Waals surface area contributed by atoms with Crippen molar-refractivity contribution < 1.29 is 4.79 Å². The minimum Gasteiger partial charge on any atom is -0.335 e. The first-order valence-corrected chi connectivity index (χ1v) is 8.52. The van der Waals surface area contributed by atoms with Crippen LogP contribution in [0.2, 0.25) is 0 Å². The number of amides is 1. The van der Waals surface area contributed by atoms with Crippen molar-refractivity contribution in [1.82, 2.24) is 24.4 Å². The molecule has 1 aliphatic heterocycles. The van der Waals surface area contributed by atoms with Crippen molar-refractivity contribution in [3.8, 4) is 0 Å². The molecule has 3 aromatic rings. The molecule has 1 amide bonds. The molecule has 23 heavy (non-hydrogen) atoms. The maximum absolute atomic E-state index is 12.5. The van der Waals surface area contributed by atoms with Crippen LogP contribution in [-0.4, -0.2) is 56.5 Å². The third-order valence-corrected chi connectivity index (χ3v) is 4.80. The van der Waals surface area contributed by atoms with Gasteiger partial charge in [0.1, 0.15) is 11.2 Å². The Balaban J connectivity index is 1.37. The highest BCUT2D eigenvalue weighted by Gasteiger charge is 2.24. The quantitative estimate of drug-likeness (QED) is 0.735. The monoisotopic (exact) mass is 327 g/mol. The molecule has 0 radical (unpaired) electrons. The van der Waals surface area contributed by atoms with Gasteiger partial charge in [0.2, 0.25) is 4.96 Å². The van der Waals surface area contributed by atoms with Crippen molar-refractivity contribution in [1.29, 1.82) is 0 Å². The van der Waals surface area contributed by atoms with Crippen molar-refractivity contribution in [2.75, 3.05) is 26.2 Å². The molecule has 0 aliphatic carbocycles. The highest BCUT2D eigenvalue weighted by atomic mass is 32.1. The molecule has 7 heteroatoms. The van der Waals surface area contributed by atoms with E-state index in [0.29, 0.717) is 5.69 Å². The second kappa shape index (κ2) is 6.10. The molecule has 2 aromatic heterocycles. The SMILES string of the molecule is O=C(c1cn2ncsc2n1)N1CCN(Cc2ccccc2)CC1. The zero-order valence-corrected chi connectivity index (χ0v) is 13.4. The molecular formula is C16H17N5OS. The van der Waals surface area contributed by atoms with Crippen LogP contribution in [0.5, 0.6) is 0 Å². The van der Waals surface area contributed by atoms with Gasteiger partial charge in [-0.1, -0.05) is 41.7 Å². The summed E-state index contributed by atoms with van der Waals surface area (Å²) in [5.74, 6) is 0.00191. The summed E-state index contributed by atoms with van der Waals surface area (Å²) in [7, 11) is 0. The summed E-state index contributed by atoms with van der Waals surface area (Å²) in [5.41, 5.74) is 3.52. The van der Waals surface area contributed by atoms with Crippen LogP contribution >= 0.6 is 11.3 Å². The van der Waals surface area contributed by atoms with Gasteiger partial charge in [-0.3, -0.25) is 9.69 Å². The smallest absolute Gasteiger partial charge is 0.274 e. The number of nitrogens with zero attached hydrogens (tertiary/aromatic N) is 5. The van der Waals surface area contributed by atoms with Crippen molar-refractivity contribution >= 4 is 22.2 Å². The number of carbonyl (C=O) groups is 1. The van der Waals surface area contributed by atoms with Crippen molar-refractivity contribution in [3.05, 3.63) is 53.3 Å². The van der Waals surface area contributed by atoms with Crippen LogP contribution in [0.1, 0.15) is 16.1 Å². The lowest BCUT2D eigenvalue weighted by molar-refractivity contribution is 0.0623. The molecule has 3 heterocycles. The number of imidazole rings is 1. The summed E-state index contributed by atoms with van der Waals surface area (Å²) in [4.78, 5) is 21.9. The highest BCUT2D eigenvalue weighted by Crippen LogP contribution is 2.13. The van der Waals surface area contributed by atoms with E-state index >= 15 is 0 Å². The number of rotatable bonds is 3. The molecule has 1 saturated heterocycles. The first kappa shape index (κ1) is 14.3. The van der Waals surface area contributed by atoms with E-state index in [2.05, 4.69) is 39.2 Å². The Labute approximate surface area is 138 Å². The van der Waals surface area contributed by atoms with E-state index in [-0.39, 0.29) is 5.91 Å². The first-order chi connectivity index (χ1) is 11.3. The molecular weight excluding hydrogens is 310 g/mol. The molecule has 118 valence electrons. The molecule has 1 aromatic carbocycles. The van der Waals surface area contributed by atoms with Crippen LogP contribution in [0.25, 0.3) is 4.96 Å². The maximum Gasteiger partial charge on any atom is 0.274 e. The number of aromatic nitrogens is 3. The zero-order valence-electron chi connectivity index (χ0n) is 12.6. The molecule has 0 saturated carbocycles. The van der Waals surface area contributed by atoms with Gasteiger partial charge in [-0.25, -0.2) is 9.50 Å². The Morgan fingerprint density at radius 1 is 1.13 bits per heavy atom. The summed E-state index contributed by atoms with van der Waals surface area (Å²) >= 11 is 1.44. The lowest BCUT2D eigenvalue weighted by Gasteiger charge is -2.34. The molecule has 0 unspecified atom stereocenters. The van der Waals surface area contributed by atoms with Gasteiger partial charge in [0.15, 0.2) is 0 Å². The highest BCUT2D eigenvalue weighted by molar-refractivity contribution is 7.14. The molecule has 0 atom stereocenters.